The topological polar surface area (TPSA) is 24.5 Å². The Morgan fingerprint density at radius 2 is 2.00 bits per heavy atom. The zero-order chi connectivity index (χ0) is 11.9. The number of hydrogen-bond acceptors (Lipinski definition) is 3. The van der Waals surface area contributed by atoms with Gasteiger partial charge in [-0.05, 0) is 47.3 Å². The van der Waals surface area contributed by atoms with Crippen molar-refractivity contribution in [1.82, 2.24) is 10.2 Å². The first-order valence-corrected chi connectivity index (χ1v) is 5.86. The predicted octanol–water partition coefficient (Wildman–Crippen LogP) is 1.73. The Labute approximate surface area is 95.2 Å². The molecule has 2 atom stereocenters. The lowest BCUT2D eigenvalue weighted by Gasteiger charge is -2.42. The number of rotatable bonds is 8. The van der Waals surface area contributed by atoms with E-state index in [-0.39, 0.29) is 5.54 Å². The Morgan fingerprint density at radius 3 is 2.33 bits per heavy atom. The van der Waals surface area contributed by atoms with Crippen LogP contribution in [0.1, 0.15) is 33.1 Å². The highest BCUT2D eigenvalue weighted by Crippen LogP contribution is 2.23. The maximum absolute atomic E-state index is 5.10. The summed E-state index contributed by atoms with van der Waals surface area (Å²) in [6.07, 6.45) is 3.43. The Balaban J connectivity index is 4.33. The molecule has 3 heteroatoms. The second-order valence-electron chi connectivity index (χ2n) is 4.58. The van der Waals surface area contributed by atoms with Crippen molar-refractivity contribution < 1.29 is 4.74 Å². The van der Waals surface area contributed by atoms with Crippen molar-refractivity contribution in [2.45, 2.75) is 44.7 Å². The molecule has 15 heavy (non-hydrogen) atoms. The van der Waals surface area contributed by atoms with Crippen molar-refractivity contribution >= 4 is 0 Å². The number of nitrogens with one attached hydrogen (secondary N) is 1. The third kappa shape index (κ3) is 4.09. The smallest absolute Gasteiger partial charge is 0.0462 e. The summed E-state index contributed by atoms with van der Waals surface area (Å²) in [6.45, 7) is 5.42. The van der Waals surface area contributed by atoms with E-state index in [1.165, 1.54) is 0 Å². The summed E-state index contributed by atoms with van der Waals surface area (Å²) in [7, 11) is 8.13. The second kappa shape index (κ2) is 7.20. The van der Waals surface area contributed by atoms with Crippen molar-refractivity contribution in [3.05, 3.63) is 0 Å². The van der Waals surface area contributed by atoms with E-state index >= 15 is 0 Å². The first-order chi connectivity index (χ1) is 7.02. The molecule has 0 saturated carbocycles. The van der Waals surface area contributed by atoms with Crippen LogP contribution < -0.4 is 5.32 Å². The molecule has 2 unspecified atom stereocenters. The zero-order valence-corrected chi connectivity index (χ0v) is 11.3. The molecule has 0 radical (unpaired) electrons. The van der Waals surface area contributed by atoms with Gasteiger partial charge in [-0.1, -0.05) is 6.92 Å². The summed E-state index contributed by atoms with van der Waals surface area (Å²) in [5, 5.41) is 3.44. The Kier molecular flexibility index (Phi) is 7.14. The molecule has 0 saturated heterocycles. The average Bonchev–Trinajstić information content (AvgIpc) is 2.23. The van der Waals surface area contributed by atoms with E-state index in [9.17, 15) is 0 Å². The standard InChI is InChI=1S/C12H28N2O/c1-7-12(2,14(4)5)11(13-3)9-8-10-15-6/h11,13H,7-10H2,1-6H3. The third-order valence-corrected chi connectivity index (χ3v) is 3.68. The lowest BCUT2D eigenvalue weighted by molar-refractivity contribution is 0.103. The van der Waals surface area contributed by atoms with Gasteiger partial charge in [0.05, 0.1) is 0 Å². The van der Waals surface area contributed by atoms with E-state index in [0.29, 0.717) is 6.04 Å². The first kappa shape index (κ1) is 14.9. The first-order valence-electron chi connectivity index (χ1n) is 5.86. The Bertz CT molecular complexity index is 162. The highest BCUT2D eigenvalue weighted by molar-refractivity contribution is 4.93. The summed E-state index contributed by atoms with van der Waals surface area (Å²) < 4.78 is 5.10. The Morgan fingerprint density at radius 1 is 1.40 bits per heavy atom. The van der Waals surface area contributed by atoms with Gasteiger partial charge in [0.2, 0.25) is 0 Å². The van der Waals surface area contributed by atoms with Crippen molar-refractivity contribution in [1.29, 1.82) is 0 Å². The normalized spacial score (nSPS) is 17.8. The molecule has 0 aromatic carbocycles. The van der Waals surface area contributed by atoms with Gasteiger partial charge in [-0.3, -0.25) is 0 Å². The number of hydrogen-bond donors (Lipinski definition) is 1. The van der Waals surface area contributed by atoms with Crippen LogP contribution in [0.4, 0.5) is 0 Å². The largest absolute Gasteiger partial charge is 0.385 e. The highest BCUT2D eigenvalue weighted by atomic mass is 16.5. The summed E-state index contributed by atoms with van der Waals surface area (Å²) in [5.41, 5.74) is 0.225. The van der Waals surface area contributed by atoms with Crippen molar-refractivity contribution in [3.63, 3.8) is 0 Å². The van der Waals surface area contributed by atoms with E-state index in [1.54, 1.807) is 7.11 Å². The minimum absolute atomic E-state index is 0.225. The average molecular weight is 216 g/mol. The minimum atomic E-state index is 0.225. The predicted molar refractivity (Wildman–Crippen MR) is 66.3 cm³/mol. The van der Waals surface area contributed by atoms with Gasteiger partial charge in [-0.15, -0.1) is 0 Å². The zero-order valence-electron chi connectivity index (χ0n) is 11.3. The van der Waals surface area contributed by atoms with Crippen LogP contribution >= 0.6 is 0 Å². The quantitative estimate of drug-likeness (QED) is 0.625. The van der Waals surface area contributed by atoms with Crippen LogP contribution in [0.25, 0.3) is 0 Å². The van der Waals surface area contributed by atoms with Gasteiger partial charge in [0.1, 0.15) is 0 Å². The minimum Gasteiger partial charge on any atom is -0.385 e. The van der Waals surface area contributed by atoms with Crippen LogP contribution in [-0.4, -0.2) is 51.3 Å². The van der Waals surface area contributed by atoms with Crippen LogP contribution in [0.3, 0.4) is 0 Å². The van der Waals surface area contributed by atoms with Crippen LogP contribution in [-0.2, 0) is 4.74 Å². The summed E-state index contributed by atoms with van der Waals surface area (Å²) >= 11 is 0. The van der Waals surface area contributed by atoms with E-state index in [2.05, 4.69) is 45.2 Å². The Hall–Kier alpha value is -0.120. The highest BCUT2D eigenvalue weighted by Gasteiger charge is 2.32. The molecule has 0 aromatic heterocycles. The van der Waals surface area contributed by atoms with E-state index in [0.717, 1.165) is 25.9 Å². The number of methoxy groups -OCH3 is 1. The number of nitrogens with zero attached hydrogens (tertiary/aromatic N) is 1. The van der Waals surface area contributed by atoms with Gasteiger partial charge in [-0.25, -0.2) is 0 Å². The van der Waals surface area contributed by atoms with E-state index < -0.39 is 0 Å². The maximum atomic E-state index is 5.10. The van der Waals surface area contributed by atoms with E-state index in [1.807, 2.05) is 0 Å². The lowest BCUT2D eigenvalue weighted by atomic mass is 9.85. The maximum Gasteiger partial charge on any atom is 0.0462 e. The van der Waals surface area contributed by atoms with E-state index in [4.69, 9.17) is 4.74 Å². The molecular weight excluding hydrogens is 188 g/mol. The molecule has 0 aliphatic carbocycles. The fraction of sp³-hybridized carbons (Fsp3) is 1.00. The molecule has 0 amide bonds. The van der Waals surface area contributed by atoms with Crippen LogP contribution in [0.2, 0.25) is 0 Å². The molecular formula is C12H28N2O. The summed E-state index contributed by atoms with van der Waals surface area (Å²) in [6, 6.07) is 0.521. The molecule has 0 fully saturated rings. The van der Waals surface area contributed by atoms with Crippen molar-refractivity contribution in [3.8, 4) is 0 Å². The van der Waals surface area contributed by atoms with Crippen molar-refractivity contribution in [2.24, 2.45) is 0 Å². The lowest BCUT2D eigenvalue weighted by Crippen LogP contribution is -2.56. The van der Waals surface area contributed by atoms with Gasteiger partial charge < -0.3 is 15.0 Å². The second-order valence-corrected chi connectivity index (χ2v) is 4.58. The summed E-state index contributed by atoms with van der Waals surface area (Å²) in [4.78, 5) is 2.32. The van der Waals surface area contributed by atoms with Gasteiger partial charge in [0, 0.05) is 25.3 Å². The van der Waals surface area contributed by atoms with Gasteiger partial charge >= 0.3 is 0 Å². The number of ether oxygens (including phenoxy) is 1. The van der Waals surface area contributed by atoms with Crippen LogP contribution in [0, 0.1) is 0 Å². The SMILES string of the molecule is CCC(C)(C(CCCOC)NC)N(C)C. The fourth-order valence-corrected chi connectivity index (χ4v) is 2.07. The van der Waals surface area contributed by atoms with Gasteiger partial charge in [0.25, 0.3) is 0 Å². The van der Waals surface area contributed by atoms with Crippen LogP contribution in [0.5, 0.6) is 0 Å². The molecule has 0 spiro atoms. The molecule has 0 aromatic rings. The fourth-order valence-electron chi connectivity index (χ4n) is 2.07. The summed E-state index contributed by atoms with van der Waals surface area (Å²) in [5.74, 6) is 0. The molecule has 0 rings (SSSR count). The molecule has 0 aliphatic heterocycles. The van der Waals surface area contributed by atoms with Gasteiger partial charge in [0.15, 0.2) is 0 Å². The molecule has 0 aliphatic rings. The molecule has 1 N–H and O–H groups in total. The van der Waals surface area contributed by atoms with Crippen molar-refractivity contribution in [2.75, 3.05) is 34.9 Å². The molecule has 0 bridgehead atoms. The van der Waals surface area contributed by atoms with Gasteiger partial charge in [-0.2, -0.15) is 0 Å². The van der Waals surface area contributed by atoms with Crippen LogP contribution in [0.15, 0.2) is 0 Å². The number of likely N-dealkylation sites (N-methyl/N-ethyl adjacent to an activating group) is 2. The monoisotopic (exact) mass is 216 g/mol. The molecule has 92 valence electrons. The third-order valence-electron chi connectivity index (χ3n) is 3.68. The molecule has 0 heterocycles. The molecule has 3 nitrogen and oxygen atoms in total.